The second kappa shape index (κ2) is 13.0. The van der Waals surface area contributed by atoms with E-state index in [-0.39, 0.29) is 24.0 Å². The summed E-state index contributed by atoms with van der Waals surface area (Å²) in [6, 6.07) is 18.9. The van der Waals surface area contributed by atoms with Crippen LogP contribution in [0.2, 0.25) is 0 Å². The number of benzene rings is 2. The summed E-state index contributed by atoms with van der Waals surface area (Å²) < 4.78 is 1.98. The maximum atomic E-state index is 4.77. The molecule has 0 aliphatic heterocycles. The Kier molecular flexibility index (Phi) is 10.5. The third-order valence-electron chi connectivity index (χ3n) is 5.28. The summed E-state index contributed by atoms with van der Waals surface area (Å²) in [6.07, 6.45) is 0. The molecule has 8 heteroatoms. The maximum absolute atomic E-state index is 4.77. The Hall–Kier alpha value is -2.62. The Morgan fingerprint density at radius 2 is 1.81 bits per heavy atom. The zero-order valence-electron chi connectivity index (χ0n) is 19.4. The molecule has 1 heterocycles. The molecule has 0 saturated heterocycles. The topological polar surface area (TPSA) is 70.4 Å². The number of aliphatic imine (C=N–C) groups is 1. The van der Waals surface area contributed by atoms with Gasteiger partial charge in [-0.2, -0.15) is 0 Å². The minimum Gasteiger partial charge on any atom is -0.370 e. The molecule has 3 rings (SSSR count). The maximum Gasteiger partial charge on any atom is 0.192 e. The quantitative estimate of drug-likeness (QED) is 0.242. The van der Waals surface area contributed by atoms with Crippen molar-refractivity contribution in [2.75, 3.05) is 24.5 Å². The van der Waals surface area contributed by atoms with Crippen LogP contribution >= 0.6 is 24.0 Å². The van der Waals surface area contributed by atoms with Crippen LogP contribution in [0, 0.1) is 13.8 Å². The van der Waals surface area contributed by atoms with Crippen molar-refractivity contribution in [1.82, 2.24) is 25.4 Å². The zero-order valence-corrected chi connectivity index (χ0v) is 21.7. The standard InChI is InChI=1S/C24H33N7.HI/c1-5-31(22-13-9-10-19(2)16-22)15-14-25-24(26-17-21-11-7-6-8-12-21)27-18-23-29-28-20(3)30(23)4;/h6-13,16H,5,14-15,17-18H2,1-4H3,(H2,25,26,27);1H. The number of hydrogen-bond donors (Lipinski definition) is 2. The second-order valence-corrected chi connectivity index (χ2v) is 7.57. The first-order valence-corrected chi connectivity index (χ1v) is 10.8. The van der Waals surface area contributed by atoms with Crippen molar-refractivity contribution in [3.8, 4) is 0 Å². The van der Waals surface area contributed by atoms with Gasteiger partial charge in [0.15, 0.2) is 11.8 Å². The predicted octanol–water partition coefficient (Wildman–Crippen LogP) is 3.81. The molecular weight excluding hydrogens is 513 g/mol. The van der Waals surface area contributed by atoms with Crippen LogP contribution in [0.3, 0.4) is 0 Å². The highest BCUT2D eigenvalue weighted by molar-refractivity contribution is 14.0. The van der Waals surface area contributed by atoms with Crippen molar-refractivity contribution in [2.24, 2.45) is 12.0 Å². The Bertz CT molecular complexity index is 985. The summed E-state index contributed by atoms with van der Waals surface area (Å²) in [4.78, 5) is 7.14. The zero-order chi connectivity index (χ0) is 22.1. The van der Waals surface area contributed by atoms with Crippen LogP contribution in [-0.4, -0.2) is 40.4 Å². The largest absolute Gasteiger partial charge is 0.370 e. The molecule has 0 aliphatic rings. The third kappa shape index (κ3) is 7.51. The van der Waals surface area contributed by atoms with E-state index >= 15 is 0 Å². The van der Waals surface area contributed by atoms with E-state index < -0.39 is 0 Å². The number of guanidine groups is 1. The first-order chi connectivity index (χ1) is 15.1. The number of halogens is 1. The number of nitrogens with zero attached hydrogens (tertiary/aromatic N) is 5. The van der Waals surface area contributed by atoms with E-state index in [1.165, 1.54) is 16.8 Å². The van der Waals surface area contributed by atoms with E-state index in [0.29, 0.717) is 13.1 Å². The number of anilines is 1. The molecule has 172 valence electrons. The first kappa shape index (κ1) is 25.6. The monoisotopic (exact) mass is 547 g/mol. The Morgan fingerprint density at radius 1 is 1.03 bits per heavy atom. The van der Waals surface area contributed by atoms with Gasteiger partial charge in [-0.05, 0) is 44.0 Å². The molecule has 7 nitrogen and oxygen atoms in total. The van der Waals surface area contributed by atoms with Crippen molar-refractivity contribution < 1.29 is 0 Å². The van der Waals surface area contributed by atoms with E-state index in [1.807, 2.05) is 36.7 Å². The highest BCUT2D eigenvalue weighted by atomic mass is 127. The number of nitrogens with one attached hydrogen (secondary N) is 2. The van der Waals surface area contributed by atoms with Gasteiger partial charge in [-0.1, -0.05) is 42.5 Å². The number of hydrogen-bond acceptors (Lipinski definition) is 4. The fourth-order valence-electron chi connectivity index (χ4n) is 3.30. The van der Waals surface area contributed by atoms with E-state index in [9.17, 15) is 0 Å². The molecule has 0 radical (unpaired) electrons. The van der Waals surface area contributed by atoms with Crippen molar-refractivity contribution >= 4 is 35.6 Å². The van der Waals surface area contributed by atoms with Gasteiger partial charge >= 0.3 is 0 Å². The summed E-state index contributed by atoms with van der Waals surface area (Å²) in [7, 11) is 1.97. The molecular formula is C24H34IN7. The Labute approximate surface area is 208 Å². The summed E-state index contributed by atoms with van der Waals surface area (Å²) in [6.45, 7) is 10.0. The van der Waals surface area contributed by atoms with Crippen molar-refractivity contribution in [3.63, 3.8) is 0 Å². The summed E-state index contributed by atoms with van der Waals surface area (Å²) in [5.41, 5.74) is 3.69. The fraction of sp³-hybridized carbons (Fsp3) is 0.375. The molecule has 1 aromatic heterocycles. The lowest BCUT2D eigenvalue weighted by molar-refractivity contribution is 0.705. The highest BCUT2D eigenvalue weighted by Crippen LogP contribution is 2.15. The molecule has 32 heavy (non-hydrogen) atoms. The summed E-state index contributed by atoms with van der Waals surface area (Å²) in [5.74, 6) is 2.54. The average molecular weight is 547 g/mol. The lowest BCUT2D eigenvalue weighted by Gasteiger charge is -2.24. The number of rotatable bonds is 9. The SMILES string of the molecule is CCN(CCNC(=NCc1ccccc1)NCc1nnc(C)n1C)c1cccc(C)c1.I. The smallest absolute Gasteiger partial charge is 0.192 e. The Balaban J connectivity index is 0.00000363. The van der Waals surface area contributed by atoms with Crippen LogP contribution in [0.5, 0.6) is 0 Å². The molecule has 0 spiro atoms. The van der Waals surface area contributed by atoms with Crippen molar-refractivity contribution in [3.05, 3.63) is 77.4 Å². The normalized spacial score (nSPS) is 11.1. The van der Waals surface area contributed by atoms with Crippen LogP contribution in [0.4, 0.5) is 5.69 Å². The molecule has 0 amide bonds. The van der Waals surface area contributed by atoms with Crippen LogP contribution in [0.1, 0.15) is 29.7 Å². The average Bonchev–Trinajstić information content (AvgIpc) is 3.11. The first-order valence-electron chi connectivity index (χ1n) is 10.8. The Morgan fingerprint density at radius 3 is 2.47 bits per heavy atom. The van der Waals surface area contributed by atoms with Crippen molar-refractivity contribution in [1.29, 1.82) is 0 Å². The lowest BCUT2D eigenvalue weighted by Crippen LogP contribution is -2.41. The molecule has 0 fully saturated rings. The van der Waals surface area contributed by atoms with Gasteiger partial charge in [0.25, 0.3) is 0 Å². The molecule has 2 aromatic carbocycles. The van der Waals surface area contributed by atoms with Crippen LogP contribution in [-0.2, 0) is 20.1 Å². The predicted molar refractivity (Wildman–Crippen MR) is 143 cm³/mol. The second-order valence-electron chi connectivity index (χ2n) is 7.57. The number of aryl methyl sites for hydroxylation is 2. The molecule has 0 atom stereocenters. The van der Waals surface area contributed by atoms with E-state index in [2.05, 4.69) is 76.0 Å². The molecule has 2 N–H and O–H groups in total. The van der Waals surface area contributed by atoms with Crippen LogP contribution in [0.25, 0.3) is 0 Å². The number of likely N-dealkylation sites (N-methyl/N-ethyl adjacent to an activating group) is 1. The molecule has 0 unspecified atom stereocenters. The number of aromatic nitrogens is 3. The minimum absolute atomic E-state index is 0. The van der Waals surface area contributed by atoms with Gasteiger partial charge in [-0.25, -0.2) is 4.99 Å². The van der Waals surface area contributed by atoms with Gasteiger partial charge in [0.1, 0.15) is 5.82 Å². The highest BCUT2D eigenvalue weighted by Gasteiger charge is 2.08. The van der Waals surface area contributed by atoms with Gasteiger partial charge in [-0.3, -0.25) is 0 Å². The van der Waals surface area contributed by atoms with Gasteiger partial charge in [-0.15, -0.1) is 34.2 Å². The molecule has 0 saturated carbocycles. The minimum atomic E-state index is 0. The van der Waals surface area contributed by atoms with Gasteiger partial charge in [0.05, 0.1) is 13.1 Å². The fourth-order valence-corrected chi connectivity index (χ4v) is 3.30. The lowest BCUT2D eigenvalue weighted by atomic mass is 10.2. The van der Waals surface area contributed by atoms with Crippen molar-refractivity contribution in [2.45, 2.75) is 33.9 Å². The van der Waals surface area contributed by atoms with Gasteiger partial charge < -0.3 is 20.1 Å². The molecule has 3 aromatic rings. The van der Waals surface area contributed by atoms with Crippen LogP contribution in [0.15, 0.2) is 59.6 Å². The molecule has 0 aliphatic carbocycles. The van der Waals surface area contributed by atoms with E-state index in [4.69, 9.17) is 4.99 Å². The van der Waals surface area contributed by atoms with E-state index in [1.54, 1.807) is 0 Å². The van der Waals surface area contributed by atoms with Crippen LogP contribution < -0.4 is 15.5 Å². The van der Waals surface area contributed by atoms with Gasteiger partial charge in [0, 0.05) is 32.4 Å². The summed E-state index contributed by atoms with van der Waals surface area (Å²) >= 11 is 0. The molecule has 0 bridgehead atoms. The van der Waals surface area contributed by atoms with Gasteiger partial charge in [0.2, 0.25) is 0 Å². The van der Waals surface area contributed by atoms with E-state index in [0.717, 1.165) is 37.2 Å². The summed E-state index contributed by atoms with van der Waals surface area (Å²) in [5, 5.41) is 15.2. The third-order valence-corrected chi connectivity index (χ3v) is 5.28.